The van der Waals surface area contributed by atoms with Gasteiger partial charge in [0.15, 0.2) is 0 Å². The van der Waals surface area contributed by atoms with Gasteiger partial charge >= 0.3 is 6.03 Å². The summed E-state index contributed by atoms with van der Waals surface area (Å²) in [7, 11) is 1.80. The number of para-hydroxylation sites is 1. The molecule has 1 rings (SSSR count). The third-order valence-corrected chi connectivity index (χ3v) is 3.22. The van der Waals surface area contributed by atoms with Crippen LogP contribution in [-0.2, 0) is 6.42 Å². The standard InChI is InChI=1S/C16H24N2O/c1-6-13-10-8-9-11-15(13)18(5)16(19)17-14(7-2)12(3)4/h7-12H,6H2,1-5H3,(H,17,19)/b14-7+. The Kier molecular flexibility index (Phi) is 5.61. The number of hydrogen-bond acceptors (Lipinski definition) is 1. The second-order valence-corrected chi connectivity index (χ2v) is 4.87. The first kappa shape index (κ1) is 15.3. The molecule has 104 valence electrons. The molecule has 0 aliphatic rings. The first-order chi connectivity index (χ1) is 9.01. The number of aryl methyl sites for hydroxylation is 1. The van der Waals surface area contributed by atoms with Crippen LogP contribution in [0.15, 0.2) is 36.0 Å². The van der Waals surface area contributed by atoms with Crippen molar-refractivity contribution in [2.45, 2.75) is 34.1 Å². The summed E-state index contributed by atoms with van der Waals surface area (Å²) in [5, 5.41) is 2.96. The summed E-state index contributed by atoms with van der Waals surface area (Å²) < 4.78 is 0. The number of carbonyl (C=O) groups excluding carboxylic acids is 1. The molecule has 0 saturated carbocycles. The number of urea groups is 1. The fraction of sp³-hybridized carbons (Fsp3) is 0.438. The lowest BCUT2D eigenvalue weighted by Gasteiger charge is -2.22. The van der Waals surface area contributed by atoms with Crippen molar-refractivity contribution in [2.75, 3.05) is 11.9 Å². The van der Waals surface area contributed by atoms with Crippen LogP contribution in [0.3, 0.4) is 0 Å². The Balaban J connectivity index is 2.88. The highest BCUT2D eigenvalue weighted by Gasteiger charge is 2.15. The number of rotatable bonds is 4. The van der Waals surface area contributed by atoms with Gasteiger partial charge in [0.2, 0.25) is 0 Å². The van der Waals surface area contributed by atoms with E-state index >= 15 is 0 Å². The van der Waals surface area contributed by atoms with Gasteiger partial charge in [-0.05, 0) is 30.9 Å². The van der Waals surface area contributed by atoms with E-state index in [1.807, 2.05) is 31.2 Å². The van der Waals surface area contributed by atoms with Crippen molar-refractivity contribution in [3.63, 3.8) is 0 Å². The lowest BCUT2D eigenvalue weighted by atomic mass is 10.1. The van der Waals surface area contributed by atoms with Gasteiger partial charge in [-0.15, -0.1) is 0 Å². The number of anilines is 1. The minimum atomic E-state index is -0.0947. The van der Waals surface area contributed by atoms with Gasteiger partial charge in [0.25, 0.3) is 0 Å². The molecule has 0 atom stereocenters. The Bertz CT molecular complexity index is 464. The van der Waals surface area contributed by atoms with E-state index in [1.54, 1.807) is 11.9 Å². The van der Waals surface area contributed by atoms with Crippen LogP contribution in [0.4, 0.5) is 10.5 Å². The van der Waals surface area contributed by atoms with Crippen LogP contribution in [-0.4, -0.2) is 13.1 Å². The summed E-state index contributed by atoms with van der Waals surface area (Å²) in [5.74, 6) is 0.309. The number of hydrogen-bond donors (Lipinski definition) is 1. The normalized spacial score (nSPS) is 11.6. The average Bonchev–Trinajstić information content (AvgIpc) is 2.43. The van der Waals surface area contributed by atoms with Gasteiger partial charge in [0.1, 0.15) is 0 Å². The van der Waals surface area contributed by atoms with Crippen molar-refractivity contribution in [1.29, 1.82) is 0 Å². The number of nitrogens with one attached hydrogen (secondary N) is 1. The third-order valence-electron chi connectivity index (χ3n) is 3.22. The van der Waals surface area contributed by atoms with Crippen LogP contribution in [0.2, 0.25) is 0 Å². The van der Waals surface area contributed by atoms with E-state index in [1.165, 1.54) is 5.56 Å². The fourth-order valence-corrected chi connectivity index (χ4v) is 2.00. The van der Waals surface area contributed by atoms with Crippen molar-refractivity contribution in [3.8, 4) is 0 Å². The van der Waals surface area contributed by atoms with Crippen LogP contribution in [0.5, 0.6) is 0 Å². The summed E-state index contributed by atoms with van der Waals surface area (Å²) in [6.45, 7) is 8.16. The van der Waals surface area contributed by atoms with Gasteiger partial charge in [0.05, 0.1) is 0 Å². The van der Waals surface area contributed by atoms with E-state index < -0.39 is 0 Å². The minimum absolute atomic E-state index is 0.0947. The molecule has 19 heavy (non-hydrogen) atoms. The van der Waals surface area contributed by atoms with E-state index in [2.05, 4.69) is 32.2 Å². The molecule has 3 heteroatoms. The quantitative estimate of drug-likeness (QED) is 0.873. The molecule has 0 bridgehead atoms. The monoisotopic (exact) mass is 260 g/mol. The second kappa shape index (κ2) is 6.98. The number of amides is 2. The molecule has 0 unspecified atom stereocenters. The smallest absolute Gasteiger partial charge is 0.311 e. The molecule has 0 saturated heterocycles. The maximum Gasteiger partial charge on any atom is 0.325 e. The molecule has 0 aliphatic heterocycles. The van der Waals surface area contributed by atoms with Gasteiger partial charge < -0.3 is 5.32 Å². The van der Waals surface area contributed by atoms with Crippen LogP contribution in [0.25, 0.3) is 0 Å². The molecular weight excluding hydrogens is 236 g/mol. The molecule has 0 aliphatic carbocycles. The molecule has 2 amide bonds. The first-order valence-electron chi connectivity index (χ1n) is 6.80. The number of carbonyl (C=O) groups is 1. The van der Waals surface area contributed by atoms with E-state index in [9.17, 15) is 4.79 Å². The van der Waals surface area contributed by atoms with Gasteiger partial charge in [-0.2, -0.15) is 0 Å². The Labute approximate surface area is 116 Å². The average molecular weight is 260 g/mol. The Morgan fingerprint density at radius 3 is 2.53 bits per heavy atom. The molecule has 1 aromatic rings. The molecule has 0 fully saturated rings. The summed E-state index contributed by atoms with van der Waals surface area (Å²) in [6.07, 6.45) is 2.86. The summed E-state index contributed by atoms with van der Waals surface area (Å²) >= 11 is 0. The molecule has 0 aromatic heterocycles. The van der Waals surface area contributed by atoms with Crippen LogP contribution >= 0.6 is 0 Å². The first-order valence-corrected chi connectivity index (χ1v) is 6.80. The van der Waals surface area contributed by atoms with Crippen molar-refractivity contribution in [3.05, 3.63) is 41.6 Å². The van der Waals surface area contributed by atoms with Crippen LogP contribution < -0.4 is 10.2 Å². The molecule has 3 nitrogen and oxygen atoms in total. The van der Waals surface area contributed by atoms with E-state index in [-0.39, 0.29) is 6.03 Å². The van der Waals surface area contributed by atoms with Crippen molar-refractivity contribution in [2.24, 2.45) is 5.92 Å². The van der Waals surface area contributed by atoms with Gasteiger partial charge in [-0.1, -0.05) is 45.0 Å². The van der Waals surface area contributed by atoms with Crippen molar-refractivity contribution < 1.29 is 4.79 Å². The highest BCUT2D eigenvalue weighted by molar-refractivity contribution is 5.93. The van der Waals surface area contributed by atoms with Crippen molar-refractivity contribution in [1.82, 2.24) is 5.32 Å². The van der Waals surface area contributed by atoms with Gasteiger partial charge in [0, 0.05) is 18.4 Å². The predicted molar refractivity (Wildman–Crippen MR) is 81.3 cm³/mol. The molecule has 0 spiro atoms. The zero-order valence-corrected chi connectivity index (χ0v) is 12.5. The molecule has 0 heterocycles. The summed E-state index contributed by atoms with van der Waals surface area (Å²) in [6, 6.07) is 7.89. The SMILES string of the molecule is C/C=C(/NC(=O)N(C)c1ccccc1CC)C(C)C. The largest absolute Gasteiger partial charge is 0.325 e. The summed E-state index contributed by atoms with van der Waals surface area (Å²) in [5.41, 5.74) is 3.08. The van der Waals surface area contributed by atoms with Gasteiger partial charge in [-0.3, -0.25) is 4.90 Å². The topological polar surface area (TPSA) is 32.3 Å². The molecular formula is C16H24N2O. The van der Waals surface area contributed by atoms with E-state index in [0.29, 0.717) is 5.92 Å². The van der Waals surface area contributed by atoms with Crippen LogP contribution in [0.1, 0.15) is 33.3 Å². The zero-order chi connectivity index (χ0) is 14.4. The lowest BCUT2D eigenvalue weighted by Crippen LogP contribution is -2.38. The highest BCUT2D eigenvalue weighted by Crippen LogP contribution is 2.20. The Morgan fingerprint density at radius 1 is 1.37 bits per heavy atom. The number of allylic oxidation sites excluding steroid dienone is 2. The second-order valence-electron chi connectivity index (χ2n) is 4.87. The maximum atomic E-state index is 12.3. The number of nitrogens with zero attached hydrogens (tertiary/aromatic N) is 1. The molecule has 0 radical (unpaired) electrons. The number of benzene rings is 1. The van der Waals surface area contributed by atoms with Crippen molar-refractivity contribution >= 4 is 11.7 Å². The molecule has 1 N–H and O–H groups in total. The highest BCUT2D eigenvalue weighted by atomic mass is 16.2. The summed E-state index contributed by atoms with van der Waals surface area (Å²) in [4.78, 5) is 13.9. The van der Waals surface area contributed by atoms with E-state index in [4.69, 9.17) is 0 Å². The van der Waals surface area contributed by atoms with E-state index in [0.717, 1.165) is 17.8 Å². The fourth-order valence-electron chi connectivity index (χ4n) is 2.00. The maximum absolute atomic E-state index is 12.3. The lowest BCUT2D eigenvalue weighted by molar-refractivity contribution is 0.249. The Hall–Kier alpha value is -1.77. The minimum Gasteiger partial charge on any atom is -0.311 e. The predicted octanol–water partition coefficient (Wildman–Crippen LogP) is 3.95. The van der Waals surface area contributed by atoms with Crippen LogP contribution in [0, 0.1) is 5.92 Å². The Morgan fingerprint density at radius 2 is 2.00 bits per heavy atom. The van der Waals surface area contributed by atoms with Gasteiger partial charge in [-0.25, -0.2) is 4.79 Å². The zero-order valence-electron chi connectivity index (χ0n) is 12.5. The molecule has 1 aromatic carbocycles. The third kappa shape index (κ3) is 3.85.